The molecule has 2 atom stereocenters. The van der Waals surface area contributed by atoms with Gasteiger partial charge in [0.15, 0.2) is 0 Å². The summed E-state index contributed by atoms with van der Waals surface area (Å²) in [7, 11) is 4.02. The van der Waals surface area contributed by atoms with Gasteiger partial charge < -0.3 is 15.1 Å². The number of rotatable bonds is 4. The smallest absolute Gasteiger partial charge is 0.0708 e. The van der Waals surface area contributed by atoms with Crippen LogP contribution in [-0.2, 0) is 0 Å². The predicted octanol–water partition coefficient (Wildman–Crippen LogP) is -0.634. The Morgan fingerprint density at radius 1 is 1.43 bits per heavy atom. The predicted molar refractivity (Wildman–Crippen MR) is 56.2 cm³/mol. The minimum atomic E-state index is -0.238. The van der Waals surface area contributed by atoms with Crippen molar-refractivity contribution in [1.29, 1.82) is 0 Å². The van der Waals surface area contributed by atoms with Crippen LogP contribution in [0.4, 0.5) is 0 Å². The van der Waals surface area contributed by atoms with Gasteiger partial charge in [0.1, 0.15) is 0 Å². The highest BCUT2D eigenvalue weighted by Gasteiger charge is 2.29. The van der Waals surface area contributed by atoms with Gasteiger partial charge in [0.05, 0.1) is 12.7 Å². The molecule has 0 unspecified atom stereocenters. The Bertz CT molecular complexity index is 162. The standard InChI is InChI=1S/C10H22N2O2/c1-11(2)8-9-10(14)4-3-5-12(9)6-7-13/h9-10,13-14H,3-8H2,1-2H3/t9-,10+/m1/s1. The van der Waals surface area contributed by atoms with Crippen LogP contribution in [0.3, 0.4) is 0 Å². The van der Waals surface area contributed by atoms with Crippen LogP contribution in [0.2, 0.25) is 0 Å². The Morgan fingerprint density at radius 2 is 2.14 bits per heavy atom. The van der Waals surface area contributed by atoms with Crippen LogP contribution in [0.1, 0.15) is 12.8 Å². The van der Waals surface area contributed by atoms with Crippen molar-refractivity contribution in [2.45, 2.75) is 25.0 Å². The molecule has 1 saturated heterocycles. The fourth-order valence-electron chi connectivity index (χ4n) is 2.12. The summed E-state index contributed by atoms with van der Waals surface area (Å²) in [5.41, 5.74) is 0. The van der Waals surface area contributed by atoms with Gasteiger partial charge in [-0.2, -0.15) is 0 Å². The molecule has 4 nitrogen and oxygen atoms in total. The molecular weight excluding hydrogens is 180 g/mol. The number of hydrogen-bond donors (Lipinski definition) is 2. The molecule has 4 heteroatoms. The van der Waals surface area contributed by atoms with Crippen LogP contribution in [0.15, 0.2) is 0 Å². The van der Waals surface area contributed by atoms with E-state index in [1.807, 2.05) is 14.1 Å². The van der Waals surface area contributed by atoms with Gasteiger partial charge in [-0.3, -0.25) is 4.90 Å². The lowest BCUT2D eigenvalue weighted by Gasteiger charge is -2.40. The molecule has 84 valence electrons. The van der Waals surface area contributed by atoms with Crippen molar-refractivity contribution in [2.75, 3.05) is 40.3 Å². The maximum atomic E-state index is 9.86. The van der Waals surface area contributed by atoms with E-state index in [1.165, 1.54) is 0 Å². The normalized spacial score (nSPS) is 29.8. The van der Waals surface area contributed by atoms with Crippen LogP contribution in [-0.4, -0.2) is 72.5 Å². The van der Waals surface area contributed by atoms with Crippen molar-refractivity contribution < 1.29 is 10.2 Å². The lowest BCUT2D eigenvalue weighted by atomic mass is 9.98. The van der Waals surface area contributed by atoms with Crippen molar-refractivity contribution >= 4 is 0 Å². The summed E-state index contributed by atoms with van der Waals surface area (Å²) < 4.78 is 0. The van der Waals surface area contributed by atoms with Crippen LogP contribution >= 0.6 is 0 Å². The summed E-state index contributed by atoms with van der Waals surface area (Å²) in [5, 5.41) is 18.8. The molecule has 0 aromatic heterocycles. The first-order valence-corrected chi connectivity index (χ1v) is 5.33. The molecule has 0 aromatic carbocycles. The van der Waals surface area contributed by atoms with Crippen molar-refractivity contribution in [3.63, 3.8) is 0 Å². The average Bonchev–Trinajstić information content (AvgIpc) is 2.11. The van der Waals surface area contributed by atoms with E-state index in [-0.39, 0.29) is 18.8 Å². The largest absolute Gasteiger partial charge is 0.395 e. The minimum Gasteiger partial charge on any atom is -0.395 e. The van der Waals surface area contributed by atoms with Crippen molar-refractivity contribution in [1.82, 2.24) is 9.80 Å². The molecular formula is C10H22N2O2. The summed E-state index contributed by atoms with van der Waals surface area (Å²) in [6.07, 6.45) is 1.68. The molecule has 0 bridgehead atoms. The van der Waals surface area contributed by atoms with Gasteiger partial charge in [-0.15, -0.1) is 0 Å². The molecule has 0 amide bonds. The summed E-state index contributed by atoms with van der Waals surface area (Å²) in [4.78, 5) is 4.28. The highest BCUT2D eigenvalue weighted by atomic mass is 16.3. The second-order valence-electron chi connectivity index (χ2n) is 4.30. The average molecular weight is 202 g/mol. The summed E-state index contributed by atoms with van der Waals surface area (Å²) in [5.74, 6) is 0. The maximum absolute atomic E-state index is 9.86. The molecule has 0 radical (unpaired) electrons. The van der Waals surface area contributed by atoms with E-state index in [0.717, 1.165) is 25.9 Å². The maximum Gasteiger partial charge on any atom is 0.0708 e. The van der Waals surface area contributed by atoms with Crippen LogP contribution < -0.4 is 0 Å². The summed E-state index contributed by atoms with van der Waals surface area (Å²) in [6.45, 7) is 2.71. The van der Waals surface area contributed by atoms with Crippen LogP contribution in [0, 0.1) is 0 Å². The Balaban J connectivity index is 2.51. The molecule has 0 aromatic rings. The lowest BCUT2D eigenvalue weighted by molar-refractivity contribution is -0.00664. The van der Waals surface area contributed by atoms with Crippen molar-refractivity contribution in [3.05, 3.63) is 0 Å². The first-order chi connectivity index (χ1) is 6.65. The third kappa shape index (κ3) is 3.20. The van der Waals surface area contributed by atoms with Crippen molar-refractivity contribution in [3.8, 4) is 0 Å². The Morgan fingerprint density at radius 3 is 2.71 bits per heavy atom. The number of β-amino-alcohol motifs (C(OH)–C–C–N with tert-alkyl or cyclic N) is 1. The van der Waals surface area contributed by atoms with Gasteiger partial charge in [-0.25, -0.2) is 0 Å². The summed E-state index contributed by atoms with van der Waals surface area (Å²) >= 11 is 0. The van der Waals surface area contributed by atoms with Gasteiger partial charge in [0, 0.05) is 19.1 Å². The third-order valence-corrected chi connectivity index (χ3v) is 2.80. The van der Waals surface area contributed by atoms with Crippen molar-refractivity contribution in [2.24, 2.45) is 0 Å². The molecule has 1 rings (SSSR count). The van der Waals surface area contributed by atoms with Gasteiger partial charge >= 0.3 is 0 Å². The number of piperidine rings is 1. The Labute approximate surface area is 86.1 Å². The van der Waals surface area contributed by atoms with E-state index >= 15 is 0 Å². The fraction of sp³-hybridized carbons (Fsp3) is 1.00. The molecule has 1 heterocycles. The quantitative estimate of drug-likeness (QED) is 0.637. The molecule has 0 saturated carbocycles. The zero-order valence-electron chi connectivity index (χ0n) is 9.19. The number of aliphatic hydroxyl groups excluding tert-OH is 2. The molecule has 1 fully saturated rings. The molecule has 14 heavy (non-hydrogen) atoms. The first kappa shape index (κ1) is 11.9. The molecule has 0 spiro atoms. The Hall–Kier alpha value is -0.160. The van der Waals surface area contributed by atoms with E-state index in [0.29, 0.717) is 6.54 Å². The molecule has 0 aliphatic carbocycles. The van der Waals surface area contributed by atoms with E-state index in [2.05, 4.69) is 9.80 Å². The van der Waals surface area contributed by atoms with Gasteiger partial charge in [-0.1, -0.05) is 0 Å². The molecule has 1 aliphatic rings. The zero-order valence-corrected chi connectivity index (χ0v) is 9.19. The molecule has 1 aliphatic heterocycles. The van der Waals surface area contributed by atoms with E-state index in [1.54, 1.807) is 0 Å². The first-order valence-electron chi connectivity index (χ1n) is 5.33. The highest BCUT2D eigenvalue weighted by molar-refractivity contribution is 4.85. The SMILES string of the molecule is CN(C)C[C@@H]1[C@@H](O)CCCN1CCO. The number of hydrogen-bond acceptors (Lipinski definition) is 4. The van der Waals surface area contributed by atoms with Gasteiger partial charge in [-0.05, 0) is 33.5 Å². The number of aliphatic hydroxyl groups is 2. The lowest BCUT2D eigenvalue weighted by Crippen LogP contribution is -2.53. The van der Waals surface area contributed by atoms with E-state index in [4.69, 9.17) is 5.11 Å². The monoisotopic (exact) mass is 202 g/mol. The topological polar surface area (TPSA) is 46.9 Å². The van der Waals surface area contributed by atoms with Crippen LogP contribution in [0.5, 0.6) is 0 Å². The number of likely N-dealkylation sites (tertiary alicyclic amines) is 1. The highest BCUT2D eigenvalue weighted by Crippen LogP contribution is 2.17. The van der Waals surface area contributed by atoms with Gasteiger partial charge in [0.2, 0.25) is 0 Å². The Kier molecular flexibility index (Phi) is 4.81. The molecule has 2 N–H and O–H groups in total. The number of nitrogens with zero attached hydrogens (tertiary/aromatic N) is 2. The van der Waals surface area contributed by atoms with E-state index in [9.17, 15) is 5.11 Å². The minimum absolute atomic E-state index is 0.177. The summed E-state index contributed by atoms with van der Waals surface area (Å²) in [6, 6.07) is 0.186. The van der Waals surface area contributed by atoms with Crippen LogP contribution in [0.25, 0.3) is 0 Å². The second-order valence-corrected chi connectivity index (χ2v) is 4.30. The van der Waals surface area contributed by atoms with E-state index < -0.39 is 0 Å². The third-order valence-electron chi connectivity index (χ3n) is 2.80. The second kappa shape index (κ2) is 5.66. The van der Waals surface area contributed by atoms with Gasteiger partial charge in [0.25, 0.3) is 0 Å². The fourth-order valence-corrected chi connectivity index (χ4v) is 2.12. The zero-order chi connectivity index (χ0) is 10.6. The number of likely N-dealkylation sites (N-methyl/N-ethyl adjacent to an activating group) is 1.